The van der Waals surface area contributed by atoms with E-state index in [4.69, 9.17) is 17.3 Å². The molecule has 0 aliphatic rings. The molecule has 0 spiro atoms. The molecule has 1 aromatic rings. The number of benzene rings is 1. The highest BCUT2D eigenvalue weighted by Crippen LogP contribution is 2.14. The maximum Gasteiger partial charge on any atom is 0.252 e. The second-order valence-corrected chi connectivity index (χ2v) is 6.10. The number of rotatable bonds is 11. The van der Waals surface area contributed by atoms with E-state index in [1.54, 1.807) is 24.3 Å². The molecule has 0 unspecified atom stereocenters. The molecule has 6 heteroatoms. The molecule has 0 aliphatic carbocycles. The van der Waals surface area contributed by atoms with Gasteiger partial charge in [-0.25, -0.2) is 0 Å². The van der Waals surface area contributed by atoms with Gasteiger partial charge in [0.2, 0.25) is 0 Å². The number of unbranched alkanes of at least 4 members (excludes halogenated alkanes) is 5. The van der Waals surface area contributed by atoms with E-state index in [0.29, 0.717) is 29.6 Å². The fourth-order valence-corrected chi connectivity index (χ4v) is 2.48. The molecule has 0 radical (unpaired) electrons. The van der Waals surface area contributed by atoms with E-state index in [2.05, 4.69) is 22.5 Å². The molecule has 1 amide bonds. The van der Waals surface area contributed by atoms with Crippen LogP contribution in [0, 0.1) is 0 Å². The molecule has 4 N–H and O–H groups in total. The monoisotopic (exact) mass is 352 g/mol. The maximum absolute atomic E-state index is 11.9. The van der Waals surface area contributed by atoms with E-state index < -0.39 is 0 Å². The maximum atomic E-state index is 11.9. The van der Waals surface area contributed by atoms with Gasteiger partial charge in [-0.3, -0.25) is 9.79 Å². The molecule has 0 heterocycles. The lowest BCUT2D eigenvalue weighted by Gasteiger charge is -2.08. The van der Waals surface area contributed by atoms with Crippen molar-refractivity contribution >= 4 is 23.5 Å². The summed E-state index contributed by atoms with van der Waals surface area (Å²) in [5, 5.41) is 6.24. The molecule has 134 valence electrons. The number of carbonyl (C=O) groups excluding carboxylic acids is 1. The normalized spacial score (nSPS) is 11.3. The van der Waals surface area contributed by atoms with Gasteiger partial charge in [-0.1, -0.05) is 62.8 Å². The number of aliphatic imine (C=N–C) groups is 1. The number of hydrogen-bond donors (Lipinski definition) is 3. The van der Waals surface area contributed by atoms with Crippen molar-refractivity contribution in [2.24, 2.45) is 10.7 Å². The molecule has 1 aromatic carbocycles. The highest BCUT2D eigenvalue weighted by Gasteiger charge is 2.08. The Morgan fingerprint density at radius 3 is 2.50 bits per heavy atom. The van der Waals surface area contributed by atoms with Crippen LogP contribution in [0.3, 0.4) is 0 Å². The largest absolute Gasteiger partial charge is 0.370 e. The Kier molecular flexibility index (Phi) is 10.7. The SMILES string of the molecule is CCCCCCCCN=C(N)NCCNC(=O)c1ccccc1Cl. The van der Waals surface area contributed by atoms with Crippen LogP contribution < -0.4 is 16.4 Å². The average molecular weight is 353 g/mol. The number of amides is 1. The summed E-state index contributed by atoms with van der Waals surface area (Å²) < 4.78 is 0. The lowest BCUT2D eigenvalue weighted by molar-refractivity contribution is 0.0954. The average Bonchev–Trinajstić information content (AvgIpc) is 2.58. The van der Waals surface area contributed by atoms with Gasteiger partial charge in [0.15, 0.2) is 5.96 Å². The predicted molar refractivity (Wildman–Crippen MR) is 102 cm³/mol. The summed E-state index contributed by atoms with van der Waals surface area (Å²) in [4.78, 5) is 16.2. The molecule has 24 heavy (non-hydrogen) atoms. The minimum absolute atomic E-state index is 0.190. The second kappa shape index (κ2) is 12.6. The van der Waals surface area contributed by atoms with E-state index in [9.17, 15) is 4.79 Å². The van der Waals surface area contributed by atoms with Gasteiger partial charge in [0, 0.05) is 19.6 Å². The first-order chi connectivity index (χ1) is 11.6. The lowest BCUT2D eigenvalue weighted by Crippen LogP contribution is -2.38. The molecule has 0 aromatic heterocycles. The van der Waals surface area contributed by atoms with E-state index in [1.807, 2.05) is 0 Å². The third-order valence-electron chi connectivity index (χ3n) is 3.63. The minimum Gasteiger partial charge on any atom is -0.370 e. The van der Waals surface area contributed by atoms with Crippen LogP contribution in [0.4, 0.5) is 0 Å². The third-order valence-corrected chi connectivity index (χ3v) is 3.96. The van der Waals surface area contributed by atoms with E-state index >= 15 is 0 Å². The van der Waals surface area contributed by atoms with Gasteiger partial charge in [-0.05, 0) is 18.6 Å². The van der Waals surface area contributed by atoms with Gasteiger partial charge >= 0.3 is 0 Å². The van der Waals surface area contributed by atoms with Crippen LogP contribution >= 0.6 is 11.6 Å². The van der Waals surface area contributed by atoms with Crippen molar-refractivity contribution in [2.75, 3.05) is 19.6 Å². The molecule has 5 nitrogen and oxygen atoms in total. The number of halogens is 1. The molecular weight excluding hydrogens is 324 g/mol. The first-order valence-corrected chi connectivity index (χ1v) is 9.09. The molecule has 1 rings (SSSR count). The number of hydrogen-bond acceptors (Lipinski definition) is 2. The Balaban J connectivity index is 2.10. The number of guanidine groups is 1. The van der Waals surface area contributed by atoms with Gasteiger partial charge in [0.25, 0.3) is 5.91 Å². The van der Waals surface area contributed by atoms with Gasteiger partial charge in [-0.15, -0.1) is 0 Å². The van der Waals surface area contributed by atoms with Gasteiger partial charge in [-0.2, -0.15) is 0 Å². The van der Waals surface area contributed by atoms with Crippen LogP contribution in [-0.4, -0.2) is 31.5 Å². The van der Waals surface area contributed by atoms with Crippen molar-refractivity contribution in [1.29, 1.82) is 0 Å². The van der Waals surface area contributed by atoms with Crippen molar-refractivity contribution in [2.45, 2.75) is 45.4 Å². The van der Waals surface area contributed by atoms with Crippen LogP contribution in [0.25, 0.3) is 0 Å². The molecule has 0 bridgehead atoms. The summed E-state index contributed by atoms with van der Waals surface area (Å²) >= 11 is 5.98. The Morgan fingerprint density at radius 2 is 1.75 bits per heavy atom. The van der Waals surface area contributed by atoms with Crippen molar-refractivity contribution in [3.63, 3.8) is 0 Å². The molecule has 0 aliphatic heterocycles. The summed E-state index contributed by atoms with van der Waals surface area (Å²) in [5.41, 5.74) is 6.27. The minimum atomic E-state index is -0.190. The van der Waals surface area contributed by atoms with Crippen LogP contribution in [0.2, 0.25) is 5.02 Å². The van der Waals surface area contributed by atoms with Crippen LogP contribution in [0.1, 0.15) is 55.8 Å². The van der Waals surface area contributed by atoms with Gasteiger partial charge < -0.3 is 16.4 Å². The van der Waals surface area contributed by atoms with E-state index in [-0.39, 0.29) is 5.91 Å². The zero-order chi connectivity index (χ0) is 17.6. The summed E-state index contributed by atoms with van der Waals surface area (Å²) in [7, 11) is 0. The Morgan fingerprint density at radius 1 is 1.08 bits per heavy atom. The highest BCUT2D eigenvalue weighted by molar-refractivity contribution is 6.33. The van der Waals surface area contributed by atoms with Crippen LogP contribution in [0.15, 0.2) is 29.3 Å². The fraction of sp³-hybridized carbons (Fsp3) is 0.556. The number of carbonyl (C=O) groups is 1. The lowest BCUT2D eigenvalue weighted by atomic mass is 10.1. The van der Waals surface area contributed by atoms with E-state index in [0.717, 1.165) is 13.0 Å². The molecular formula is C18H29ClN4O. The summed E-state index contributed by atoms with van der Waals surface area (Å²) in [6.45, 7) is 3.95. The highest BCUT2D eigenvalue weighted by atomic mass is 35.5. The Hall–Kier alpha value is -1.75. The first kappa shape index (κ1) is 20.3. The number of nitrogens with one attached hydrogen (secondary N) is 2. The van der Waals surface area contributed by atoms with Crippen molar-refractivity contribution in [3.05, 3.63) is 34.9 Å². The van der Waals surface area contributed by atoms with Crippen molar-refractivity contribution < 1.29 is 4.79 Å². The van der Waals surface area contributed by atoms with Crippen molar-refractivity contribution in [1.82, 2.24) is 10.6 Å². The Bertz CT molecular complexity index is 519. The third kappa shape index (κ3) is 8.77. The zero-order valence-electron chi connectivity index (χ0n) is 14.5. The molecule has 0 atom stereocenters. The molecule has 0 saturated heterocycles. The predicted octanol–water partition coefficient (Wildman–Crippen LogP) is 3.33. The summed E-state index contributed by atoms with van der Waals surface area (Å²) in [5.74, 6) is 0.237. The van der Waals surface area contributed by atoms with Crippen molar-refractivity contribution in [3.8, 4) is 0 Å². The van der Waals surface area contributed by atoms with Gasteiger partial charge in [0.1, 0.15) is 0 Å². The molecule has 0 saturated carbocycles. The summed E-state index contributed by atoms with van der Waals surface area (Å²) in [6.07, 6.45) is 7.42. The second-order valence-electron chi connectivity index (χ2n) is 5.70. The fourth-order valence-electron chi connectivity index (χ4n) is 2.25. The summed E-state index contributed by atoms with van der Waals surface area (Å²) in [6, 6.07) is 6.97. The van der Waals surface area contributed by atoms with E-state index in [1.165, 1.54) is 32.1 Å². The number of nitrogens with zero attached hydrogens (tertiary/aromatic N) is 1. The standard InChI is InChI=1S/C18H29ClN4O/c1-2-3-4-5-6-9-12-22-18(20)23-14-13-21-17(24)15-10-7-8-11-16(15)19/h7-8,10-11H,2-6,9,12-14H2,1H3,(H,21,24)(H3,20,22,23). The molecule has 0 fully saturated rings. The smallest absolute Gasteiger partial charge is 0.252 e. The first-order valence-electron chi connectivity index (χ1n) is 8.71. The quantitative estimate of drug-likeness (QED) is 0.324. The van der Waals surface area contributed by atoms with Gasteiger partial charge in [0.05, 0.1) is 10.6 Å². The Labute approximate surface area is 150 Å². The van der Waals surface area contributed by atoms with Crippen LogP contribution in [-0.2, 0) is 0 Å². The zero-order valence-corrected chi connectivity index (χ0v) is 15.2. The number of nitrogens with two attached hydrogens (primary N) is 1. The topological polar surface area (TPSA) is 79.5 Å². The van der Waals surface area contributed by atoms with Crippen LogP contribution in [0.5, 0.6) is 0 Å².